The number of hydrogen-bond acceptors (Lipinski definition) is 3. The van der Waals surface area contributed by atoms with Gasteiger partial charge >= 0.3 is 0 Å². The monoisotopic (exact) mass is 329 g/mol. The number of nitriles is 1. The third kappa shape index (κ3) is 2.18. The zero-order valence-corrected chi connectivity index (χ0v) is 15.2. The second kappa shape index (κ2) is 5.75. The Kier molecular flexibility index (Phi) is 3.94. The minimum atomic E-state index is 0.153. The first-order valence-corrected chi connectivity index (χ1v) is 10.0. The number of carbonyl (C=O) groups excluding carboxylic acids is 1. The molecule has 0 spiro atoms. The van der Waals surface area contributed by atoms with E-state index >= 15 is 0 Å². The Bertz CT molecular complexity index is 555. The lowest BCUT2D eigenvalue weighted by Crippen LogP contribution is -2.54. The summed E-state index contributed by atoms with van der Waals surface area (Å²) in [7, 11) is 0. The molecule has 0 aromatic carbocycles. The quantitative estimate of drug-likeness (QED) is 0.689. The molecule has 4 aliphatic rings. The van der Waals surface area contributed by atoms with Crippen molar-refractivity contribution in [1.29, 1.82) is 5.26 Å². The van der Waals surface area contributed by atoms with Gasteiger partial charge < -0.3 is 4.74 Å². The molecule has 4 fully saturated rings. The van der Waals surface area contributed by atoms with E-state index in [1.165, 1.54) is 38.5 Å². The van der Waals surface area contributed by atoms with Gasteiger partial charge in [-0.05, 0) is 92.3 Å². The van der Waals surface area contributed by atoms with Gasteiger partial charge in [0.25, 0.3) is 6.47 Å². The molecule has 8 atom stereocenters. The van der Waals surface area contributed by atoms with Gasteiger partial charge in [-0.3, -0.25) is 4.79 Å². The van der Waals surface area contributed by atoms with Crippen LogP contribution in [0.1, 0.15) is 71.6 Å². The Morgan fingerprint density at radius 2 is 1.75 bits per heavy atom. The Balaban J connectivity index is 1.56. The number of rotatable bonds is 2. The van der Waals surface area contributed by atoms with Crippen LogP contribution in [0, 0.1) is 51.8 Å². The topological polar surface area (TPSA) is 50.1 Å². The Morgan fingerprint density at radius 3 is 2.50 bits per heavy atom. The van der Waals surface area contributed by atoms with E-state index in [4.69, 9.17) is 4.74 Å². The minimum absolute atomic E-state index is 0.153. The lowest BCUT2D eigenvalue weighted by molar-refractivity contribution is -0.149. The summed E-state index contributed by atoms with van der Waals surface area (Å²) in [5.41, 5.74) is 0.703. The van der Waals surface area contributed by atoms with E-state index in [-0.39, 0.29) is 17.4 Å². The summed E-state index contributed by atoms with van der Waals surface area (Å²) in [6.45, 7) is 5.59. The van der Waals surface area contributed by atoms with E-state index < -0.39 is 0 Å². The van der Waals surface area contributed by atoms with Gasteiger partial charge in [-0.1, -0.05) is 13.8 Å². The molecule has 0 aliphatic heterocycles. The third-order valence-corrected chi connectivity index (χ3v) is 9.02. The summed E-state index contributed by atoms with van der Waals surface area (Å²) < 4.78 is 5.31. The molecular formula is C21H31NO2. The first kappa shape index (κ1) is 16.4. The van der Waals surface area contributed by atoms with Crippen LogP contribution >= 0.6 is 0 Å². The van der Waals surface area contributed by atoms with Crippen molar-refractivity contribution in [2.45, 2.75) is 77.7 Å². The van der Waals surface area contributed by atoms with Crippen molar-refractivity contribution in [3.63, 3.8) is 0 Å². The van der Waals surface area contributed by atoms with Gasteiger partial charge in [-0.2, -0.15) is 5.26 Å². The molecule has 24 heavy (non-hydrogen) atoms. The van der Waals surface area contributed by atoms with Crippen molar-refractivity contribution in [3.8, 4) is 6.07 Å². The lowest BCUT2D eigenvalue weighted by Gasteiger charge is -2.60. The van der Waals surface area contributed by atoms with Crippen LogP contribution < -0.4 is 0 Å². The molecule has 0 saturated heterocycles. The fourth-order valence-electron chi connectivity index (χ4n) is 7.63. The molecule has 0 amide bonds. The van der Waals surface area contributed by atoms with Gasteiger partial charge in [0, 0.05) is 0 Å². The van der Waals surface area contributed by atoms with Crippen molar-refractivity contribution in [1.82, 2.24) is 0 Å². The molecule has 0 aromatic heterocycles. The Labute approximate surface area is 146 Å². The van der Waals surface area contributed by atoms with Crippen molar-refractivity contribution in [3.05, 3.63) is 0 Å². The molecule has 132 valence electrons. The molecule has 0 bridgehead atoms. The molecular weight excluding hydrogens is 298 g/mol. The summed E-state index contributed by atoms with van der Waals surface area (Å²) >= 11 is 0. The molecule has 4 saturated carbocycles. The fourth-order valence-corrected chi connectivity index (χ4v) is 7.63. The largest absolute Gasteiger partial charge is 0.465 e. The molecule has 8 unspecified atom stereocenters. The van der Waals surface area contributed by atoms with Crippen LogP contribution in [-0.2, 0) is 9.53 Å². The van der Waals surface area contributed by atoms with Crippen LogP contribution in [0.5, 0.6) is 0 Å². The molecule has 0 N–H and O–H groups in total. The highest BCUT2D eigenvalue weighted by molar-refractivity contribution is 5.37. The van der Waals surface area contributed by atoms with Gasteiger partial charge in [0.05, 0.1) is 12.0 Å². The molecule has 3 heteroatoms. The number of fused-ring (bicyclic) bond motifs is 5. The number of nitrogens with zero attached hydrogens (tertiary/aromatic N) is 1. The Morgan fingerprint density at radius 1 is 1.00 bits per heavy atom. The fraction of sp³-hybridized carbons (Fsp3) is 0.905. The molecule has 4 rings (SSSR count). The third-order valence-electron chi connectivity index (χ3n) is 9.02. The predicted octanol–water partition coefficient (Wildman–Crippen LogP) is 4.71. The highest BCUT2D eigenvalue weighted by atomic mass is 16.5. The zero-order valence-electron chi connectivity index (χ0n) is 15.2. The highest BCUT2D eigenvalue weighted by Crippen LogP contribution is 2.67. The smallest absolute Gasteiger partial charge is 0.293 e. The number of carbonyl (C=O) groups is 1. The first-order chi connectivity index (χ1) is 11.5. The van der Waals surface area contributed by atoms with Crippen molar-refractivity contribution >= 4 is 6.47 Å². The predicted molar refractivity (Wildman–Crippen MR) is 91.8 cm³/mol. The standard InChI is InChI=1S/C21H31NO2/c1-20-9-7-16(24-13-23)11-14(20)3-5-17-18-6-4-15(12-22)21(18,2)10-8-19(17)20/h13-19H,3-11H2,1-2H3. The Hall–Kier alpha value is -1.04. The molecule has 3 nitrogen and oxygen atoms in total. The van der Waals surface area contributed by atoms with Crippen molar-refractivity contribution in [2.75, 3.05) is 0 Å². The average Bonchev–Trinajstić information content (AvgIpc) is 2.92. The highest BCUT2D eigenvalue weighted by Gasteiger charge is 2.60. The number of ether oxygens (including phenoxy) is 1. The van der Waals surface area contributed by atoms with Crippen LogP contribution in [0.2, 0.25) is 0 Å². The zero-order chi connectivity index (χ0) is 16.9. The van der Waals surface area contributed by atoms with Gasteiger partial charge in [0.15, 0.2) is 0 Å². The van der Waals surface area contributed by atoms with E-state index in [0.29, 0.717) is 11.9 Å². The number of hydrogen-bond donors (Lipinski definition) is 0. The summed E-state index contributed by atoms with van der Waals surface area (Å²) in [4.78, 5) is 10.7. The van der Waals surface area contributed by atoms with E-state index in [0.717, 1.165) is 42.9 Å². The normalized spacial score (nSPS) is 53.2. The van der Waals surface area contributed by atoms with Crippen LogP contribution in [0.3, 0.4) is 0 Å². The van der Waals surface area contributed by atoms with Gasteiger partial charge in [0.2, 0.25) is 0 Å². The first-order valence-electron chi connectivity index (χ1n) is 10.0. The lowest BCUT2D eigenvalue weighted by atomic mass is 9.45. The maximum atomic E-state index is 10.7. The minimum Gasteiger partial charge on any atom is -0.465 e. The van der Waals surface area contributed by atoms with E-state index in [9.17, 15) is 10.1 Å². The molecule has 0 heterocycles. The molecule has 4 aliphatic carbocycles. The SMILES string of the molecule is CC12CCC3C(CCC4CC(OC=O)CCC43C)C1CCC2C#N. The van der Waals surface area contributed by atoms with E-state index in [1.807, 2.05) is 0 Å². The molecule has 0 radical (unpaired) electrons. The van der Waals surface area contributed by atoms with Crippen LogP contribution in [-0.4, -0.2) is 12.6 Å². The average molecular weight is 329 g/mol. The van der Waals surface area contributed by atoms with E-state index in [1.54, 1.807) is 0 Å². The van der Waals surface area contributed by atoms with Gasteiger partial charge in [-0.15, -0.1) is 0 Å². The van der Waals surface area contributed by atoms with Gasteiger partial charge in [0.1, 0.15) is 6.10 Å². The van der Waals surface area contributed by atoms with Gasteiger partial charge in [-0.25, -0.2) is 0 Å². The van der Waals surface area contributed by atoms with Crippen LogP contribution in [0.15, 0.2) is 0 Å². The second-order valence-electron chi connectivity index (χ2n) is 9.59. The maximum absolute atomic E-state index is 10.7. The summed E-state index contributed by atoms with van der Waals surface area (Å²) in [6.07, 6.45) is 11.0. The summed E-state index contributed by atoms with van der Waals surface area (Å²) in [6, 6.07) is 2.64. The van der Waals surface area contributed by atoms with Crippen LogP contribution in [0.25, 0.3) is 0 Å². The van der Waals surface area contributed by atoms with E-state index in [2.05, 4.69) is 19.9 Å². The maximum Gasteiger partial charge on any atom is 0.293 e. The van der Waals surface area contributed by atoms with Crippen LogP contribution in [0.4, 0.5) is 0 Å². The van der Waals surface area contributed by atoms with Crippen molar-refractivity contribution in [2.24, 2.45) is 40.4 Å². The summed E-state index contributed by atoms with van der Waals surface area (Å²) in [5, 5.41) is 9.59. The second-order valence-corrected chi connectivity index (χ2v) is 9.59. The molecule has 0 aromatic rings. The van der Waals surface area contributed by atoms with Crippen molar-refractivity contribution < 1.29 is 9.53 Å². The summed E-state index contributed by atoms with van der Waals surface area (Å²) in [5.74, 6) is 3.42.